The van der Waals surface area contributed by atoms with Crippen molar-refractivity contribution in [3.8, 4) is 0 Å². The number of carboxylic acids is 1. The summed E-state index contributed by atoms with van der Waals surface area (Å²) in [6.45, 7) is 4.89. The van der Waals surface area contributed by atoms with Crippen LogP contribution >= 0.6 is 11.8 Å². The molecule has 7 heteroatoms. The lowest BCUT2D eigenvalue weighted by atomic mass is 9.96. The van der Waals surface area contributed by atoms with Crippen molar-refractivity contribution in [2.24, 2.45) is 5.92 Å². The molecule has 1 aliphatic rings. The molecule has 2 heterocycles. The first kappa shape index (κ1) is 14.9. The van der Waals surface area contributed by atoms with E-state index in [0.29, 0.717) is 24.6 Å². The third-order valence-electron chi connectivity index (χ3n) is 3.43. The number of rotatable bonds is 6. The third kappa shape index (κ3) is 3.53. The molecule has 1 aliphatic heterocycles. The van der Waals surface area contributed by atoms with E-state index in [1.807, 2.05) is 13.8 Å². The lowest BCUT2D eigenvalue weighted by Crippen LogP contribution is -2.51. The van der Waals surface area contributed by atoms with E-state index in [1.165, 1.54) is 11.8 Å². The number of hydrogen-bond acceptors (Lipinski definition) is 5. The highest BCUT2D eigenvalue weighted by molar-refractivity contribution is 7.99. The zero-order valence-electron chi connectivity index (χ0n) is 11.6. The van der Waals surface area contributed by atoms with Gasteiger partial charge in [-0.1, -0.05) is 5.16 Å². The molecule has 1 amide bonds. The molecule has 0 spiro atoms. The fourth-order valence-corrected chi connectivity index (χ4v) is 3.26. The smallest absolute Gasteiger partial charge is 0.303 e. The number of amides is 1. The number of likely N-dealkylation sites (tertiary alicyclic amines) is 1. The van der Waals surface area contributed by atoms with Gasteiger partial charge in [0.05, 0.1) is 17.9 Å². The quantitative estimate of drug-likeness (QED) is 0.856. The van der Waals surface area contributed by atoms with Crippen LogP contribution in [0, 0.1) is 19.8 Å². The van der Waals surface area contributed by atoms with Crippen LogP contribution in [0.2, 0.25) is 0 Å². The molecule has 1 N–H and O–H groups in total. The van der Waals surface area contributed by atoms with Gasteiger partial charge in [-0.05, 0) is 13.8 Å². The third-order valence-corrected chi connectivity index (χ3v) is 4.37. The van der Waals surface area contributed by atoms with E-state index >= 15 is 0 Å². The SMILES string of the molecule is Cc1noc(C)c1CSCC(=O)N1CC(CC(=O)O)C1. The minimum Gasteiger partial charge on any atom is -0.481 e. The van der Waals surface area contributed by atoms with Crippen LogP contribution in [0.5, 0.6) is 0 Å². The molecule has 0 aromatic carbocycles. The lowest BCUT2D eigenvalue weighted by molar-refractivity contribution is -0.143. The van der Waals surface area contributed by atoms with E-state index in [-0.39, 0.29) is 18.2 Å². The summed E-state index contributed by atoms with van der Waals surface area (Å²) >= 11 is 1.53. The largest absolute Gasteiger partial charge is 0.481 e. The zero-order chi connectivity index (χ0) is 14.7. The molecule has 0 radical (unpaired) electrons. The Hall–Kier alpha value is -1.50. The molecule has 0 atom stereocenters. The number of thioether (sulfide) groups is 1. The maximum absolute atomic E-state index is 11.9. The maximum atomic E-state index is 11.9. The first-order valence-corrected chi connectivity index (χ1v) is 7.62. The van der Waals surface area contributed by atoms with Gasteiger partial charge in [-0.15, -0.1) is 11.8 Å². The Bertz CT molecular complexity index is 489. The van der Waals surface area contributed by atoms with Crippen LogP contribution in [-0.2, 0) is 15.3 Å². The molecule has 1 aromatic rings. The number of nitrogens with zero attached hydrogens (tertiary/aromatic N) is 2. The minimum absolute atomic E-state index is 0.0726. The molecular formula is C13H18N2O4S. The maximum Gasteiger partial charge on any atom is 0.303 e. The van der Waals surface area contributed by atoms with Crippen molar-refractivity contribution >= 4 is 23.6 Å². The summed E-state index contributed by atoms with van der Waals surface area (Å²) in [7, 11) is 0. The van der Waals surface area contributed by atoms with Crippen molar-refractivity contribution in [1.82, 2.24) is 10.1 Å². The Morgan fingerprint density at radius 2 is 2.15 bits per heavy atom. The van der Waals surface area contributed by atoms with E-state index in [4.69, 9.17) is 9.63 Å². The predicted molar refractivity (Wildman–Crippen MR) is 74.5 cm³/mol. The minimum atomic E-state index is -0.796. The summed E-state index contributed by atoms with van der Waals surface area (Å²) in [6.07, 6.45) is 0.149. The number of aryl methyl sites for hydroxylation is 2. The van der Waals surface area contributed by atoms with Gasteiger partial charge in [0.2, 0.25) is 5.91 Å². The predicted octanol–water partition coefficient (Wildman–Crippen LogP) is 1.46. The highest BCUT2D eigenvalue weighted by Gasteiger charge is 2.31. The number of carboxylic acid groups (broad SMARTS) is 1. The van der Waals surface area contributed by atoms with Crippen molar-refractivity contribution in [2.75, 3.05) is 18.8 Å². The Morgan fingerprint density at radius 3 is 2.70 bits per heavy atom. The van der Waals surface area contributed by atoms with E-state index in [0.717, 1.165) is 17.0 Å². The van der Waals surface area contributed by atoms with Crippen LogP contribution in [0.3, 0.4) is 0 Å². The summed E-state index contributed by atoms with van der Waals surface area (Å²) in [5, 5.41) is 12.5. The van der Waals surface area contributed by atoms with Crippen molar-refractivity contribution < 1.29 is 19.2 Å². The topological polar surface area (TPSA) is 83.6 Å². The van der Waals surface area contributed by atoms with E-state index < -0.39 is 5.97 Å². The van der Waals surface area contributed by atoms with Gasteiger partial charge in [0.1, 0.15) is 5.76 Å². The van der Waals surface area contributed by atoms with Crippen LogP contribution in [0.25, 0.3) is 0 Å². The van der Waals surface area contributed by atoms with Gasteiger partial charge < -0.3 is 14.5 Å². The lowest BCUT2D eigenvalue weighted by Gasteiger charge is -2.38. The standard InChI is InChI=1S/C13H18N2O4S/c1-8-11(9(2)19-14-8)6-20-7-12(16)15-4-10(5-15)3-13(17)18/h10H,3-7H2,1-2H3,(H,17,18). The number of carbonyl (C=O) groups is 2. The molecule has 6 nitrogen and oxygen atoms in total. The van der Waals surface area contributed by atoms with Gasteiger partial charge >= 0.3 is 5.97 Å². The van der Waals surface area contributed by atoms with Gasteiger partial charge in [-0.2, -0.15) is 0 Å². The van der Waals surface area contributed by atoms with Crippen molar-refractivity contribution in [2.45, 2.75) is 26.0 Å². The van der Waals surface area contributed by atoms with E-state index in [2.05, 4.69) is 5.16 Å². The molecule has 0 saturated carbocycles. The van der Waals surface area contributed by atoms with Crippen LogP contribution in [0.4, 0.5) is 0 Å². The first-order valence-electron chi connectivity index (χ1n) is 6.46. The van der Waals surface area contributed by atoms with E-state index in [1.54, 1.807) is 4.90 Å². The fourth-order valence-electron chi connectivity index (χ4n) is 2.19. The fraction of sp³-hybridized carbons (Fsp3) is 0.615. The summed E-state index contributed by atoms with van der Waals surface area (Å²) in [5.41, 5.74) is 1.92. The van der Waals surface area contributed by atoms with Crippen molar-refractivity contribution in [1.29, 1.82) is 0 Å². The highest BCUT2D eigenvalue weighted by Crippen LogP contribution is 2.23. The number of carbonyl (C=O) groups excluding carboxylic acids is 1. The van der Waals surface area contributed by atoms with Crippen LogP contribution in [-0.4, -0.2) is 45.9 Å². The van der Waals surface area contributed by atoms with Crippen LogP contribution in [0.15, 0.2) is 4.52 Å². The molecule has 110 valence electrons. The van der Waals surface area contributed by atoms with Gasteiger partial charge in [0, 0.05) is 30.3 Å². The number of aromatic nitrogens is 1. The molecular weight excluding hydrogens is 280 g/mol. The molecule has 1 fully saturated rings. The normalized spacial score (nSPS) is 15.2. The Morgan fingerprint density at radius 1 is 1.45 bits per heavy atom. The van der Waals surface area contributed by atoms with Crippen LogP contribution < -0.4 is 0 Å². The van der Waals surface area contributed by atoms with Gasteiger partial charge in [-0.3, -0.25) is 9.59 Å². The second kappa shape index (κ2) is 6.30. The molecule has 1 aromatic heterocycles. The molecule has 0 bridgehead atoms. The first-order chi connectivity index (χ1) is 9.47. The Balaban J connectivity index is 1.68. The van der Waals surface area contributed by atoms with E-state index in [9.17, 15) is 9.59 Å². The second-order valence-electron chi connectivity index (χ2n) is 5.06. The summed E-state index contributed by atoms with van der Waals surface area (Å²) in [4.78, 5) is 24.1. The highest BCUT2D eigenvalue weighted by atomic mass is 32.2. The van der Waals surface area contributed by atoms with Crippen molar-refractivity contribution in [3.63, 3.8) is 0 Å². The van der Waals surface area contributed by atoms with Gasteiger partial charge in [0.15, 0.2) is 0 Å². The van der Waals surface area contributed by atoms with Crippen molar-refractivity contribution in [3.05, 3.63) is 17.0 Å². The Kier molecular flexibility index (Phi) is 4.69. The summed E-state index contributed by atoms with van der Waals surface area (Å²) < 4.78 is 5.07. The van der Waals surface area contributed by atoms with Crippen LogP contribution in [0.1, 0.15) is 23.4 Å². The van der Waals surface area contributed by atoms with Gasteiger partial charge in [-0.25, -0.2) is 0 Å². The monoisotopic (exact) mass is 298 g/mol. The van der Waals surface area contributed by atoms with Gasteiger partial charge in [0.25, 0.3) is 0 Å². The average molecular weight is 298 g/mol. The second-order valence-corrected chi connectivity index (χ2v) is 6.04. The molecule has 0 aliphatic carbocycles. The average Bonchev–Trinajstić information content (AvgIpc) is 2.64. The number of aliphatic carboxylic acids is 1. The summed E-state index contributed by atoms with van der Waals surface area (Å²) in [5.74, 6) is 1.30. The Labute approximate surface area is 121 Å². The number of hydrogen-bond donors (Lipinski definition) is 1. The molecule has 20 heavy (non-hydrogen) atoms. The molecule has 1 saturated heterocycles. The summed E-state index contributed by atoms with van der Waals surface area (Å²) in [6, 6.07) is 0. The molecule has 2 rings (SSSR count). The zero-order valence-corrected chi connectivity index (χ0v) is 12.4. The molecule has 0 unspecified atom stereocenters.